The Kier molecular flexibility index (Phi) is 6.47. The van der Waals surface area contributed by atoms with Gasteiger partial charge in [-0.15, -0.1) is 11.3 Å². The molecule has 0 radical (unpaired) electrons. The molecule has 0 aliphatic carbocycles. The van der Waals surface area contributed by atoms with Crippen molar-refractivity contribution >= 4 is 44.7 Å². The summed E-state index contributed by atoms with van der Waals surface area (Å²) in [6.07, 6.45) is 0.641. The first kappa shape index (κ1) is 24.7. The van der Waals surface area contributed by atoms with E-state index >= 15 is 0 Å². The van der Waals surface area contributed by atoms with Crippen molar-refractivity contribution < 1.29 is 19.1 Å². The molecule has 7 nitrogen and oxygen atoms in total. The molecule has 2 aromatic heterocycles. The molecule has 38 heavy (non-hydrogen) atoms. The number of morpholine rings is 1. The molecule has 8 heteroatoms. The van der Waals surface area contributed by atoms with Gasteiger partial charge in [0, 0.05) is 41.6 Å². The molecular formula is C30H29N3O4S. The van der Waals surface area contributed by atoms with Crippen LogP contribution < -0.4 is 10.2 Å². The van der Waals surface area contributed by atoms with Gasteiger partial charge >= 0.3 is 0 Å². The van der Waals surface area contributed by atoms with Crippen LogP contribution in [0.1, 0.15) is 50.6 Å². The molecule has 0 spiro atoms. The Morgan fingerprint density at radius 1 is 0.947 bits per heavy atom. The van der Waals surface area contributed by atoms with Gasteiger partial charge in [-0.05, 0) is 31.5 Å². The van der Waals surface area contributed by atoms with Crippen LogP contribution >= 0.6 is 11.3 Å². The number of hydrogen-bond acceptors (Lipinski definition) is 7. The molecular weight excluding hydrogens is 498 g/mol. The number of benzene rings is 2. The van der Waals surface area contributed by atoms with Gasteiger partial charge in [0.2, 0.25) is 5.78 Å². The van der Waals surface area contributed by atoms with Gasteiger partial charge in [0.25, 0.3) is 5.91 Å². The average molecular weight is 528 g/mol. The minimum absolute atomic E-state index is 0.134. The van der Waals surface area contributed by atoms with Crippen molar-refractivity contribution in [3.8, 4) is 0 Å². The summed E-state index contributed by atoms with van der Waals surface area (Å²) >= 11 is 1.34. The first-order valence-corrected chi connectivity index (χ1v) is 13.6. The van der Waals surface area contributed by atoms with Gasteiger partial charge in [-0.1, -0.05) is 48.5 Å². The summed E-state index contributed by atoms with van der Waals surface area (Å²) in [5.74, 6) is 0.488. The van der Waals surface area contributed by atoms with Gasteiger partial charge in [-0.2, -0.15) is 0 Å². The predicted octanol–water partition coefficient (Wildman–Crippen LogP) is 5.47. The van der Waals surface area contributed by atoms with Crippen molar-refractivity contribution in [2.24, 2.45) is 0 Å². The lowest BCUT2D eigenvalue weighted by atomic mass is 9.89. The number of nitrogens with zero attached hydrogens (tertiary/aromatic N) is 2. The summed E-state index contributed by atoms with van der Waals surface area (Å²) < 4.78 is 11.8. The second kappa shape index (κ2) is 9.94. The van der Waals surface area contributed by atoms with E-state index in [-0.39, 0.29) is 11.7 Å². The lowest BCUT2D eigenvalue weighted by Crippen LogP contribution is -2.39. The number of fused-ring (bicyclic) bond motifs is 3. The smallest absolute Gasteiger partial charge is 0.255 e. The lowest BCUT2D eigenvalue weighted by molar-refractivity contribution is -0.0396. The van der Waals surface area contributed by atoms with Crippen LogP contribution in [0, 0.1) is 0 Å². The summed E-state index contributed by atoms with van der Waals surface area (Å²) in [4.78, 5) is 35.8. The average Bonchev–Trinajstić information content (AvgIpc) is 3.31. The maximum absolute atomic E-state index is 13.8. The molecule has 0 atom stereocenters. The van der Waals surface area contributed by atoms with Gasteiger partial charge in [0.1, 0.15) is 15.5 Å². The van der Waals surface area contributed by atoms with Crippen molar-refractivity contribution in [3.05, 3.63) is 87.8 Å². The molecule has 0 unspecified atom stereocenters. The zero-order valence-electron chi connectivity index (χ0n) is 21.5. The summed E-state index contributed by atoms with van der Waals surface area (Å²) in [6, 6.07) is 18.2. The first-order chi connectivity index (χ1) is 18.4. The first-order valence-electron chi connectivity index (χ1n) is 12.8. The lowest BCUT2D eigenvalue weighted by Gasteiger charge is -2.36. The molecule has 2 aliphatic heterocycles. The van der Waals surface area contributed by atoms with E-state index in [1.165, 1.54) is 11.3 Å². The maximum atomic E-state index is 13.8. The monoisotopic (exact) mass is 527 g/mol. The van der Waals surface area contributed by atoms with E-state index in [0.29, 0.717) is 47.9 Å². The van der Waals surface area contributed by atoms with E-state index < -0.39 is 5.60 Å². The fourth-order valence-electron chi connectivity index (χ4n) is 5.13. The van der Waals surface area contributed by atoms with E-state index in [2.05, 4.69) is 24.1 Å². The van der Waals surface area contributed by atoms with Crippen molar-refractivity contribution in [1.82, 2.24) is 4.98 Å². The predicted molar refractivity (Wildman–Crippen MR) is 149 cm³/mol. The van der Waals surface area contributed by atoms with Crippen molar-refractivity contribution in [2.45, 2.75) is 32.5 Å². The quantitative estimate of drug-likeness (QED) is 0.347. The molecule has 1 fully saturated rings. The number of thiophene rings is 1. The third-order valence-electron chi connectivity index (χ3n) is 7.07. The summed E-state index contributed by atoms with van der Waals surface area (Å²) in [6.45, 7) is 7.33. The molecule has 4 heterocycles. The number of ether oxygens (including phenoxy) is 2. The van der Waals surface area contributed by atoms with Crippen LogP contribution in [0.25, 0.3) is 10.2 Å². The number of anilines is 2. The Hall–Kier alpha value is -3.59. The van der Waals surface area contributed by atoms with E-state index in [1.807, 2.05) is 36.4 Å². The Balaban J connectivity index is 1.57. The fraction of sp³-hybridized carbons (Fsp3) is 0.300. The van der Waals surface area contributed by atoms with Crippen LogP contribution in [0.3, 0.4) is 0 Å². The standard InChI is InChI=1S/C30H29N3O4S/c1-30(2)17-21-22(18-37-30)27(33-13-15-36-16-14-33)32-29-23(21)24(31-28(35)20-11-7-4-8-12-20)26(38-29)25(34)19-9-5-3-6-10-19/h3-12H,13-18H2,1-2H3,(H,31,35). The molecule has 1 saturated heterocycles. The molecule has 2 aromatic carbocycles. The van der Waals surface area contributed by atoms with Gasteiger partial charge in [0.15, 0.2) is 0 Å². The van der Waals surface area contributed by atoms with Gasteiger partial charge in [-0.3, -0.25) is 9.59 Å². The second-order valence-electron chi connectivity index (χ2n) is 10.2. The molecule has 2 aliphatic rings. The highest BCUT2D eigenvalue weighted by Gasteiger charge is 2.35. The molecule has 1 amide bonds. The normalized spacial score (nSPS) is 16.7. The number of amides is 1. The SMILES string of the molecule is CC1(C)Cc2c(c(N3CCOCC3)nc3sc(C(=O)c4ccccc4)c(NC(=O)c4ccccc4)c23)CO1. The highest BCUT2D eigenvalue weighted by atomic mass is 32.1. The van der Waals surface area contributed by atoms with Gasteiger partial charge < -0.3 is 19.7 Å². The van der Waals surface area contributed by atoms with E-state index in [4.69, 9.17) is 14.5 Å². The number of rotatable bonds is 5. The fourth-order valence-corrected chi connectivity index (χ4v) is 6.25. The van der Waals surface area contributed by atoms with Crippen molar-refractivity contribution in [1.29, 1.82) is 0 Å². The largest absolute Gasteiger partial charge is 0.378 e. The molecule has 6 rings (SSSR count). The number of aromatic nitrogens is 1. The van der Waals surface area contributed by atoms with Gasteiger partial charge in [0.05, 0.1) is 31.1 Å². The van der Waals surface area contributed by atoms with Crippen LogP contribution in [0.15, 0.2) is 60.7 Å². The van der Waals surface area contributed by atoms with Gasteiger partial charge in [-0.25, -0.2) is 4.98 Å². The van der Waals surface area contributed by atoms with E-state index in [1.54, 1.807) is 24.3 Å². The minimum Gasteiger partial charge on any atom is -0.378 e. The van der Waals surface area contributed by atoms with Crippen LogP contribution in [-0.2, 0) is 22.5 Å². The van der Waals surface area contributed by atoms with Crippen molar-refractivity contribution in [3.63, 3.8) is 0 Å². The minimum atomic E-state index is -0.393. The van der Waals surface area contributed by atoms with Crippen LogP contribution in [0.2, 0.25) is 0 Å². The molecule has 194 valence electrons. The Labute approximate surface area is 225 Å². The highest BCUT2D eigenvalue weighted by Crippen LogP contribution is 2.45. The number of pyridine rings is 1. The number of nitrogens with one attached hydrogen (secondary N) is 1. The number of carbonyl (C=O) groups excluding carboxylic acids is 2. The molecule has 0 bridgehead atoms. The summed E-state index contributed by atoms with van der Waals surface area (Å²) in [5.41, 5.74) is 3.34. The van der Waals surface area contributed by atoms with Crippen LogP contribution in [-0.4, -0.2) is 48.6 Å². The Bertz CT molecular complexity index is 1510. The summed E-state index contributed by atoms with van der Waals surface area (Å²) in [7, 11) is 0. The Morgan fingerprint density at radius 3 is 2.29 bits per heavy atom. The number of carbonyl (C=O) groups is 2. The zero-order chi connectivity index (χ0) is 26.3. The third-order valence-corrected chi connectivity index (χ3v) is 8.15. The third kappa shape index (κ3) is 4.60. The summed E-state index contributed by atoms with van der Waals surface area (Å²) in [5, 5.41) is 3.95. The topological polar surface area (TPSA) is 80.8 Å². The number of hydrogen-bond donors (Lipinski definition) is 1. The van der Waals surface area contributed by atoms with Crippen molar-refractivity contribution in [2.75, 3.05) is 36.5 Å². The highest BCUT2D eigenvalue weighted by molar-refractivity contribution is 7.21. The van der Waals surface area contributed by atoms with Crippen LogP contribution in [0.4, 0.5) is 11.5 Å². The van der Waals surface area contributed by atoms with E-state index in [9.17, 15) is 9.59 Å². The zero-order valence-corrected chi connectivity index (χ0v) is 22.3. The second-order valence-corrected chi connectivity index (χ2v) is 11.2. The molecule has 4 aromatic rings. The number of ketones is 1. The van der Waals surface area contributed by atoms with Crippen LogP contribution in [0.5, 0.6) is 0 Å². The maximum Gasteiger partial charge on any atom is 0.255 e. The van der Waals surface area contributed by atoms with E-state index in [0.717, 1.165) is 40.3 Å². The Morgan fingerprint density at radius 2 is 1.61 bits per heavy atom. The molecule has 1 N–H and O–H groups in total. The molecule has 0 saturated carbocycles.